The highest BCUT2D eigenvalue weighted by Crippen LogP contribution is 2.16. The molecule has 0 bridgehead atoms. The van der Waals surface area contributed by atoms with E-state index >= 15 is 0 Å². The number of alkyl halides is 3. The summed E-state index contributed by atoms with van der Waals surface area (Å²) in [6.07, 6.45) is -4.56. The van der Waals surface area contributed by atoms with Gasteiger partial charge in [-0.3, -0.25) is 4.99 Å². The third kappa shape index (κ3) is 3.45. The molecule has 88 valence electrons. The highest BCUT2D eigenvalue weighted by atomic mass is 19.4. The number of benzene rings is 1. The summed E-state index contributed by atoms with van der Waals surface area (Å²) in [7, 11) is 1.51. The van der Waals surface area contributed by atoms with Crippen molar-refractivity contribution in [3.63, 3.8) is 0 Å². The molecular weight excluding hydrogens is 221 g/mol. The number of rotatable bonds is 3. The van der Waals surface area contributed by atoms with E-state index in [1.54, 1.807) is 24.3 Å². The van der Waals surface area contributed by atoms with Gasteiger partial charge >= 0.3 is 6.18 Å². The highest BCUT2D eigenvalue weighted by Gasteiger charge is 2.33. The molecule has 0 fully saturated rings. The fourth-order valence-electron chi connectivity index (χ4n) is 0.997. The Morgan fingerprint density at radius 2 is 1.88 bits per heavy atom. The molecule has 0 aliphatic rings. The van der Waals surface area contributed by atoms with Gasteiger partial charge in [0.2, 0.25) is 5.84 Å². The number of methoxy groups -OCH3 is 1. The van der Waals surface area contributed by atoms with Crippen molar-refractivity contribution in [3.8, 4) is 5.75 Å². The minimum Gasteiger partial charge on any atom is -0.497 e. The smallest absolute Gasteiger partial charge is 0.448 e. The molecule has 1 rings (SSSR count). The summed E-state index contributed by atoms with van der Waals surface area (Å²) < 4.78 is 40.9. The molecule has 0 saturated heterocycles. The number of halogens is 3. The van der Waals surface area contributed by atoms with E-state index in [1.165, 1.54) is 7.11 Å². The lowest BCUT2D eigenvalue weighted by Crippen LogP contribution is -2.31. The summed E-state index contributed by atoms with van der Waals surface area (Å²) in [6, 6.07) is 6.56. The molecule has 0 aromatic heterocycles. The highest BCUT2D eigenvalue weighted by molar-refractivity contribution is 5.85. The third-order valence-electron chi connectivity index (χ3n) is 1.88. The van der Waals surface area contributed by atoms with Gasteiger partial charge in [0.1, 0.15) is 5.75 Å². The summed E-state index contributed by atoms with van der Waals surface area (Å²) in [5.41, 5.74) is 5.39. The maximum Gasteiger partial charge on any atom is 0.448 e. The third-order valence-corrected chi connectivity index (χ3v) is 1.88. The first kappa shape index (κ1) is 12.4. The van der Waals surface area contributed by atoms with Gasteiger partial charge in [-0.15, -0.1) is 0 Å². The molecule has 3 nitrogen and oxygen atoms in total. The SMILES string of the molecule is COc1ccc(CN=C(N)C(F)(F)F)cc1. The van der Waals surface area contributed by atoms with E-state index in [-0.39, 0.29) is 6.54 Å². The van der Waals surface area contributed by atoms with Crippen LogP contribution >= 0.6 is 0 Å². The van der Waals surface area contributed by atoms with Gasteiger partial charge in [0.15, 0.2) is 0 Å². The first-order chi connectivity index (χ1) is 7.43. The van der Waals surface area contributed by atoms with E-state index in [2.05, 4.69) is 4.99 Å². The van der Waals surface area contributed by atoms with E-state index < -0.39 is 12.0 Å². The van der Waals surface area contributed by atoms with Crippen LogP contribution in [0.4, 0.5) is 13.2 Å². The zero-order valence-electron chi connectivity index (χ0n) is 8.58. The lowest BCUT2D eigenvalue weighted by molar-refractivity contribution is -0.0600. The molecule has 0 spiro atoms. The summed E-state index contributed by atoms with van der Waals surface area (Å²) in [5.74, 6) is -0.681. The second-order valence-electron chi connectivity index (χ2n) is 3.05. The van der Waals surface area contributed by atoms with Crippen LogP contribution in [-0.4, -0.2) is 19.1 Å². The first-order valence-corrected chi connectivity index (χ1v) is 4.43. The zero-order chi connectivity index (χ0) is 12.2. The van der Waals surface area contributed by atoms with E-state index in [9.17, 15) is 13.2 Å². The molecule has 0 unspecified atom stereocenters. The molecule has 1 aromatic carbocycles. The Labute approximate surface area is 90.7 Å². The number of hydrogen-bond donors (Lipinski definition) is 1. The first-order valence-electron chi connectivity index (χ1n) is 4.43. The number of nitrogens with two attached hydrogens (primary N) is 1. The molecule has 16 heavy (non-hydrogen) atoms. The van der Waals surface area contributed by atoms with E-state index in [0.29, 0.717) is 11.3 Å². The normalized spacial score (nSPS) is 12.6. The van der Waals surface area contributed by atoms with E-state index in [1.807, 2.05) is 0 Å². The largest absolute Gasteiger partial charge is 0.497 e. The van der Waals surface area contributed by atoms with Crippen LogP contribution in [0.2, 0.25) is 0 Å². The van der Waals surface area contributed by atoms with Crippen LogP contribution in [0.15, 0.2) is 29.3 Å². The van der Waals surface area contributed by atoms with Crippen LogP contribution in [0.3, 0.4) is 0 Å². The van der Waals surface area contributed by atoms with Gasteiger partial charge in [0.25, 0.3) is 0 Å². The fraction of sp³-hybridized carbons (Fsp3) is 0.300. The van der Waals surface area contributed by atoms with Crippen molar-refractivity contribution in [2.75, 3.05) is 7.11 Å². The van der Waals surface area contributed by atoms with Crippen molar-refractivity contribution in [1.29, 1.82) is 0 Å². The van der Waals surface area contributed by atoms with E-state index in [4.69, 9.17) is 10.5 Å². The van der Waals surface area contributed by atoms with Crippen molar-refractivity contribution >= 4 is 5.84 Å². The second-order valence-corrected chi connectivity index (χ2v) is 3.05. The van der Waals surface area contributed by atoms with Crippen LogP contribution in [0.5, 0.6) is 5.75 Å². The molecule has 0 atom stereocenters. The molecule has 0 aliphatic carbocycles. The molecule has 1 aromatic rings. The maximum atomic E-state index is 12.0. The van der Waals surface area contributed by atoms with Gasteiger partial charge in [0.05, 0.1) is 13.7 Å². The van der Waals surface area contributed by atoms with Gasteiger partial charge in [-0.25, -0.2) is 0 Å². The van der Waals surface area contributed by atoms with Gasteiger partial charge in [-0.1, -0.05) is 12.1 Å². The number of aliphatic imine (C=N–C) groups is 1. The Kier molecular flexibility index (Phi) is 3.76. The Morgan fingerprint density at radius 1 is 1.31 bits per heavy atom. The number of hydrogen-bond acceptors (Lipinski definition) is 2. The topological polar surface area (TPSA) is 47.6 Å². The average Bonchev–Trinajstić information content (AvgIpc) is 2.25. The Hall–Kier alpha value is -1.72. The quantitative estimate of drug-likeness (QED) is 0.641. The summed E-state index contributed by atoms with van der Waals surface area (Å²) >= 11 is 0. The minimum atomic E-state index is -4.56. The monoisotopic (exact) mass is 232 g/mol. The van der Waals surface area contributed by atoms with Crippen LogP contribution in [0.1, 0.15) is 5.56 Å². The number of nitrogens with zero attached hydrogens (tertiary/aromatic N) is 1. The van der Waals surface area contributed by atoms with Crippen LogP contribution in [0.25, 0.3) is 0 Å². The molecule has 2 N–H and O–H groups in total. The molecular formula is C10H11F3N2O. The minimum absolute atomic E-state index is 0.102. The van der Waals surface area contributed by atoms with Crippen molar-refractivity contribution in [3.05, 3.63) is 29.8 Å². The van der Waals surface area contributed by atoms with E-state index in [0.717, 1.165) is 0 Å². The predicted molar refractivity (Wildman–Crippen MR) is 54.4 cm³/mol. The predicted octanol–water partition coefficient (Wildman–Crippen LogP) is 2.11. The van der Waals surface area contributed by atoms with Crippen molar-refractivity contribution in [2.24, 2.45) is 10.7 Å². The number of ether oxygens (including phenoxy) is 1. The summed E-state index contributed by atoms with van der Waals surface area (Å²) in [5, 5.41) is 0. The van der Waals surface area contributed by atoms with Gasteiger partial charge in [-0.05, 0) is 17.7 Å². The lowest BCUT2D eigenvalue weighted by Gasteiger charge is -2.05. The summed E-state index contributed by atoms with van der Waals surface area (Å²) in [6.45, 7) is -0.102. The Bertz CT molecular complexity index is 371. The Balaban J connectivity index is 2.67. The maximum absolute atomic E-state index is 12.0. The second kappa shape index (κ2) is 4.87. The van der Waals surface area contributed by atoms with Gasteiger partial charge < -0.3 is 10.5 Å². The molecule has 0 aliphatic heterocycles. The van der Waals surface area contributed by atoms with Crippen molar-refractivity contribution < 1.29 is 17.9 Å². The van der Waals surface area contributed by atoms with Gasteiger partial charge in [0, 0.05) is 0 Å². The number of amidine groups is 1. The zero-order valence-corrected chi connectivity index (χ0v) is 8.58. The van der Waals surface area contributed by atoms with Crippen molar-refractivity contribution in [1.82, 2.24) is 0 Å². The van der Waals surface area contributed by atoms with Crippen LogP contribution < -0.4 is 10.5 Å². The Morgan fingerprint density at radius 3 is 2.31 bits per heavy atom. The molecule has 0 radical (unpaired) electrons. The molecule has 0 saturated carbocycles. The fourth-order valence-corrected chi connectivity index (χ4v) is 0.997. The molecule has 6 heteroatoms. The average molecular weight is 232 g/mol. The van der Waals surface area contributed by atoms with Crippen LogP contribution in [0, 0.1) is 0 Å². The van der Waals surface area contributed by atoms with Crippen molar-refractivity contribution in [2.45, 2.75) is 12.7 Å². The lowest BCUT2D eigenvalue weighted by atomic mass is 10.2. The molecule has 0 heterocycles. The summed E-state index contributed by atoms with van der Waals surface area (Å²) in [4.78, 5) is 3.25. The molecule has 0 amide bonds. The van der Waals surface area contributed by atoms with Crippen LogP contribution in [-0.2, 0) is 6.54 Å². The van der Waals surface area contributed by atoms with Gasteiger partial charge in [-0.2, -0.15) is 13.2 Å². The standard InChI is InChI=1S/C10H11F3N2O/c1-16-8-4-2-7(3-5-8)6-15-9(14)10(11,12)13/h2-5H,6H2,1H3,(H2,14,15).